The number of hydrogen-bond acceptors (Lipinski definition) is 0. The zero-order valence-corrected chi connectivity index (χ0v) is 14.9. The highest BCUT2D eigenvalue weighted by Gasteiger charge is 2.33. The first kappa shape index (κ1) is 15.3. The Morgan fingerprint density at radius 1 is 1.05 bits per heavy atom. The monoisotopic (exact) mass is 284 g/mol. The van der Waals surface area contributed by atoms with Crippen LogP contribution in [0.15, 0.2) is 53.1 Å². The first-order valence-corrected chi connectivity index (χ1v) is 9.42. The molecule has 0 saturated carbocycles. The summed E-state index contributed by atoms with van der Waals surface area (Å²) >= 11 is 0. The van der Waals surface area contributed by atoms with Crippen molar-refractivity contribution < 1.29 is 0 Å². The summed E-state index contributed by atoms with van der Waals surface area (Å²) in [7, 11) is -0.311. The summed E-state index contributed by atoms with van der Waals surface area (Å²) in [4.78, 5) is 0. The average molecular weight is 285 g/mol. The second-order valence-corrected chi connectivity index (χ2v) is 9.11. The molecule has 0 nitrogen and oxygen atoms in total. The minimum absolute atomic E-state index is 0.311. The maximum Gasteiger partial charge on any atom is 0.0702 e. The largest absolute Gasteiger partial charge is 0.0744 e. The highest BCUT2D eigenvalue weighted by atomic mass is 28.2. The lowest BCUT2D eigenvalue weighted by atomic mass is 9.95. The molecule has 0 aromatic heterocycles. The Morgan fingerprint density at radius 2 is 1.75 bits per heavy atom. The van der Waals surface area contributed by atoms with E-state index in [0.29, 0.717) is 5.04 Å². The molecule has 1 aliphatic rings. The lowest BCUT2D eigenvalue weighted by molar-refractivity contribution is 0.680. The molecule has 1 heteroatoms. The summed E-state index contributed by atoms with van der Waals surface area (Å²) in [6.07, 6.45) is 7.88. The summed E-state index contributed by atoms with van der Waals surface area (Å²) in [5.41, 5.74) is 4.83. The molecule has 0 spiro atoms. The number of rotatable bonds is 6. The third-order valence-electron chi connectivity index (χ3n) is 4.71. The van der Waals surface area contributed by atoms with Gasteiger partial charge >= 0.3 is 0 Å². The molecule has 0 amide bonds. The summed E-state index contributed by atoms with van der Waals surface area (Å²) in [5, 5.41) is 1.95. The van der Waals surface area contributed by atoms with Crippen LogP contribution in [-0.4, -0.2) is 9.52 Å². The van der Waals surface area contributed by atoms with E-state index >= 15 is 0 Å². The topological polar surface area (TPSA) is 0 Å². The SMILES string of the molecule is CCCCCC1=C(C)C(C)=CC1(C)[SiH2]c1ccccc1. The fourth-order valence-electron chi connectivity index (χ4n) is 3.54. The average Bonchev–Trinajstić information content (AvgIpc) is 2.63. The molecule has 1 unspecified atom stereocenters. The van der Waals surface area contributed by atoms with E-state index in [-0.39, 0.29) is 9.52 Å². The van der Waals surface area contributed by atoms with Gasteiger partial charge in [-0.2, -0.15) is 0 Å². The standard InChI is InChI=1S/C19H28Si/c1-5-6-8-13-18-16(3)15(2)14-19(18,4)20-17-11-9-7-10-12-17/h7,9-12,14H,5-6,8,13,20H2,1-4H3. The van der Waals surface area contributed by atoms with Gasteiger partial charge in [0.2, 0.25) is 0 Å². The van der Waals surface area contributed by atoms with Crippen LogP contribution in [0.25, 0.3) is 0 Å². The van der Waals surface area contributed by atoms with Crippen molar-refractivity contribution in [3.8, 4) is 0 Å². The van der Waals surface area contributed by atoms with Gasteiger partial charge in [-0.1, -0.05) is 79.4 Å². The number of hydrogen-bond donors (Lipinski definition) is 0. The third kappa shape index (κ3) is 3.32. The Kier molecular flexibility index (Phi) is 5.04. The molecule has 1 aliphatic carbocycles. The predicted octanol–water partition coefficient (Wildman–Crippen LogP) is 4.52. The van der Waals surface area contributed by atoms with E-state index in [0.717, 1.165) is 0 Å². The predicted molar refractivity (Wildman–Crippen MR) is 93.6 cm³/mol. The van der Waals surface area contributed by atoms with E-state index in [2.05, 4.69) is 64.1 Å². The lowest BCUT2D eigenvalue weighted by Crippen LogP contribution is -2.27. The van der Waals surface area contributed by atoms with Crippen molar-refractivity contribution in [2.24, 2.45) is 0 Å². The molecule has 0 bridgehead atoms. The maximum absolute atomic E-state index is 2.56. The molecule has 1 aromatic carbocycles. The maximum atomic E-state index is 2.56. The van der Waals surface area contributed by atoms with Crippen LogP contribution in [0.1, 0.15) is 53.4 Å². The van der Waals surface area contributed by atoms with E-state index < -0.39 is 0 Å². The van der Waals surface area contributed by atoms with Crippen molar-refractivity contribution in [3.05, 3.63) is 53.1 Å². The zero-order chi connectivity index (χ0) is 14.6. The molecule has 0 saturated heterocycles. The Hall–Kier alpha value is -1.08. The molecule has 20 heavy (non-hydrogen) atoms. The molecule has 0 fully saturated rings. The minimum Gasteiger partial charge on any atom is -0.0744 e. The van der Waals surface area contributed by atoms with Gasteiger partial charge in [0.1, 0.15) is 0 Å². The van der Waals surface area contributed by atoms with Crippen LogP contribution in [0.2, 0.25) is 5.04 Å². The number of unbranched alkanes of at least 4 members (excludes halogenated alkanes) is 2. The number of allylic oxidation sites excluding steroid dienone is 4. The van der Waals surface area contributed by atoms with Crippen molar-refractivity contribution in [1.29, 1.82) is 0 Å². The zero-order valence-electron chi connectivity index (χ0n) is 13.5. The van der Waals surface area contributed by atoms with Crippen molar-refractivity contribution in [2.75, 3.05) is 0 Å². The molecular formula is C19H28Si. The highest BCUT2D eigenvalue weighted by Crippen LogP contribution is 2.48. The fourth-order valence-corrected chi connectivity index (χ4v) is 5.96. The van der Waals surface area contributed by atoms with Crippen LogP contribution in [-0.2, 0) is 0 Å². The van der Waals surface area contributed by atoms with Gasteiger partial charge in [-0.25, -0.2) is 0 Å². The minimum atomic E-state index is -0.311. The van der Waals surface area contributed by atoms with Gasteiger partial charge in [0.05, 0.1) is 9.52 Å². The van der Waals surface area contributed by atoms with Crippen LogP contribution < -0.4 is 5.19 Å². The van der Waals surface area contributed by atoms with Gasteiger partial charge in [0, 0.05) is 5.04 Å². The van der Waals surface area contributed by atoms with Crippen molar-refractivity contribution >= 4 is 14.7 Å². The molecule has 0 N–H and O–H groups in total. The second kappa shape index (κ2) is 6.58. The number of benzene rings is 1. The van der Waals surface area contributed by atoms with E-state index in [9.17, 15) is 0 Å². The Morgan fingerprint density at radius 3 is 2.40 bits per heavy atom. The van der Waals surface area contributed by atoms with Gasteiger partial charge in [0.15, 0.2) is 0 Å². The van der Waals surface area contributed by atoms with Gasteiger partial charge in [0.25, 0.3) is 0 Å². The van der Waals surface area contributed by atoms with Crippen LogP contribution >= 0.6 is 0 Å². The molecule has 2 rings (SSSR count). The van der Waals surface area contributed by atoms with Crippen LogP contribution in [0.3, 0.4) is 0 Å². The summed E-state index contributed by atoms with van der Waals surface area (Å²) in [6, 6.07) is 11.1. The Bertz CT molecular complexity index is 510. The van der Waals surface area contributed by atoms with E-state index in [1.807, 2.05) is 0 Å². The smallest absolute Gasteiger partial charge is 0.0702 e. The molecule has 0 aliphatic heterocycles. The van der Waals surface area contributed by atoms with E-state index in [1.165, 1.54) is 31.3 Å². The highest BCUT2D eigenvalue weighted by molar-refractivity contribution is 6.58. The Labute approximate surface area is 126 Å². The fraction of sp³-hybridized carbons (Fsp3) is 0.474. The van der Waals surface area contributed by atoms with Crippen molar-refractivity contribution in [3.63, 3.8) is 0 Å². The third-order valence-corrected chi connectivity index (χ3v) is 6.96. The van der Waals surface area contributed by atoms with Crippen molar-refractivity contribution in [2.45, 2.75) is 58.4 Å². The molecule has 0 heterocycles. The van der Waals surface area contributed by atoms with Crippen LogP contribution in [0.4, 0.5) is 0 Å². The van der Waals surface area contributed by atoms with Gasteiger partial charge in [-0.05, 0) is 32.3 Å². The van der Waals surface area contributed by atoms with Gasteiger partial charge in [-0.15, -0.1) is 0 Å². The molecule has 1 atom stereocenters. The molecule has 0 radical (unpaired) electrons. The molecular weight excluding hydrogens is 256 g/mol. The van der Waals surface area contributed by atoms with Gasteiger partial charge < -0.3 is 0 Å². The summed E-state index contributed by atoms with van der Waals surface area (Å²) < 4.78 is 0. The van der Waals surface area contributed by atoms with Gasteiger partial charge in [-0.3, -0.25) is 0 Å². The van der Waals surface area contributed by atoms with E-state index in [1.54, 1.807) is 16.3 Å². The van der Waals surface area contributed by atoms with E-state index in [4.69, 9.17) is 0 Å². The molecule has 108 valence electrons. The van der Waals surface area contributed by atoms with Crippen molar-refractivity contribution in [1.82, 2.24) is 0 Å². The normalized spacial score (nSPS) is 22.9. The summed E-state index contributed by atoms with van der Waals surface area (Å²) in [6.45, 7) is 9.39. The van der Waals surface area contributed by atoms with Crippen LogP contribution in [0.5, 0.6) is 0 Å². The quantitative estimate of drug-likeness (QED) is 0.532. The van der Waals surface area contributed by atoms with Crippen LogP contribution in [0, 0.1) is 0 Å². The first-order valence-electron chi connectivity index (χ1n) is 8.01. The second-order valence-electron chi connectivity index (χ2n) is 6.47. The Balaban J connectivity index is 2.19. The molecule has 1 aromatic rings. The summed E-state index contributed by atoms with van der Waals surface area (Å²) in [5.74, 6) is 0. The lowest BCUT2D eigenvalue weighted by Gasteiger charge is -2.27. The first-order chi connectivity index (χ1) is 9.57.